The lowest BCUT2D eigenvalue weighted by atomic mass is 10.1. The monoisotopic (exact) mass is 383 g/mol. The Balaban J connectivity index is 1.64. The number of halogens is 3. The van der Waals surface area contributed by atoms with Gasteiger partial charge in [-0.15, -0.1) is 0 Å². The highest BCUT2D eigenvalue weighted by Gasteiger charge is 2.38. The van der Waals surface area contributed by atoms with Crippen LogP contribution in [0.5, 0.6) is 0 Å². The van der Waals surface area contributed by atoms with E-state index in [4.69, 9.17) is 0 Å². The summed E-state index contributed by atoms with van der Waals surface area (Å²) < 4.78 is 42.1. The first kappa shape index (κ1) is 19.4. The van der Waals surface area contributed by atoms with Crippen molar-refractivity contribution in [1.82, 2.24) is 24.9 Å². The highest BCUT2D eigenvalue weighted by molar-refractivity contribution is 5.78. The smallest absolute Gasteiger partial charge is 0.352 e. The van der Waals surface area contributed by atoms with Crippen molar-refractivity contribution >= 4 is 5.91 Å². The molecule has 0 spiro atoms. The van der Waals surface area contributed by atoms with Gasteiger partial charge in [0.2, 0.25) is 5.91 Å². The van der Waals surface area contributed by atoms with Crippen LogP contribution in [0.3, 0.4) is 0 Å². The molecule has 1 N–H and O–H groups in total. The molecule has 2 aromatic heterocycles. The van der Waals surface area contributed by atoms with E-state index in [0.29, 0.717) is 12.2 Å². The van der Waals surface area contributed by atoms with Crippen molar-refractivity contribution < 1.29 is 18.0 Å². The number of hydrogen-bond acceptors (Lipinski definition) is 3. The average Bonchev–Trinajstić information content (AvgIpc) is 3.26. The van der Waals surface area contributed by atoms with Gasteiger partial charge in [0.1, 0.15) is 0 Å². The van der Waals surface area contributed by atoms with E-state index >= 15 is 0 Å². The number of aryl methyl sites for hydroxylation is 1. The fourth-order valence-electron chi connectivity index (χ4n) is 3.10. The minimum atomic E-state index is -4.47. The molecule has 0 aliphatic heterocycles. The molecular formula is C18H24F3N5O. The summed E-state index contributed by atoms with van der Waals surface area (Å²) in [6, 6.07) is 1.12. The van der Waals surface area contributed by atoms with Gasteiger partial charge < -0.3 is 5.32 Å². The second-order valence-electron chi connectivity index (χ2n) is 7.10. The van der Waals surface area contributed by atoms with Crippen LogP contribution in [0.1, 0.15) is 55.3 Å². The van der Waals surface area contributed by atoms with Gasteiger partial charge in [0, 0.05) is 36.0 Å². The Kier molecular flexibility index (Phi) is 5.30. The molecule has 1 amide bonds. The van der Waals surface area contributed by atoms with Gasteiger partial charge in [0.25, 0.3) is 0 Å². The zero-order chi connectivity index (χ0) is 19.8. The lowest BCUT2D eigenvalue weighted by molar-refractivity contribution is -0.141. The number of alkyl halides is 3. The van der Waals surface area contributed by atoms with E-state index in [9.17, 15) is 18.0 Å². The largest absolute Gasteiger partial charge is 0.435 e. The van der Waals surface area contributed by atoms with E-state index in [0.717, 1.165) is 36.7 Å². The normalized spacial score (nSPS) is 15.8. The Morgan fingerprint density at radius 2 is 2.07 bits per heavy atom. The molecule has 0 bridgehead atoms. The van der Waals surface area contributed by atoms with Crippen LogP contribution in [0.25, 0.3) is 0 Å². The van der Waals surface area contributed by atoms with Crippen molar-refractivity contribution in [3.8, 4) is 0 Å². The van der Waals surface area contributed by atoms with Gasteiger partial charge in [0.15, 0.2) is 5.69 Å². The lowest BCUT2D eigenvalue weighted by Crippen LogP contribution is -2.32. The van der Waals surface area contributed by atoms with Crippen LogP contribution in [-0.2, 0) is 30.6 Å². The zero-order valence-electron chi connectivity index (χ0n) is 15.7. The maximum atomic E-state index is 13.0. The van der Waals surface area contributed by atoms with Gasteiger partial charge in [-0.05, 0) is 32.8 Å². The van der Waals surface area contributed by atoms with Gasteiger partial charge >= 0.3 is 6.18 Å². The van der Waals surface area contributed by atoms with Gasteiger partial charge in [-0.25, -0.2) is 0 Å². The molecule has 1 unspecified atom stereocenters. The average molecular weight is 383 g/mol. The lowest BCUT2D eigenvalue weighted by Gasteiger charge is -2.14. The third-order valence-electron chi connectivity index (χ3n) is 4.95. The van der Waals surface area contributed by atoms with Crippen LogP contribution in [0, 0.1) is 12.8 Å². The maximum Gasteiger partial charge on any atom is 0.435 e. The SMILES string of the molecule is CCn1ncc(CNC(=O)C(C)Cn2nc(C(F)(F)F)cc2C2CC2)c1C. The molecule has 0 radical (unpaired) electrons. The number of hydrogen-bond donors (Lipinski definition) is 1. The second kappa shape index (κ2) is 7.36. The van der Waals surface area contributed by atoms with E-state index in [1.54, 1.807) is 13.1 Å². The number of carbonyl (C=O) groups is 1. The summed E-state index contributed by atoms with van der Waals surface area (Å²) >= 11 is 0. The molecule has 1 saturated carbocycles. The predicted octanol–water partition coefficient (Wildman–Crippen LogP) is 3.26. The van der Waals surface area contributed by atoms with E-state index in [-0.39, 0.29) is 18.4 Å². The molecule has 1 atom stereocenters. The molecule has 2 aromatic rings. The van der Waals surface area contributed by atoms with E-state index in [1.165, 1.54) is 4.68 Å². The fourth-order valence-corrected chi connectivity index (χ4v) is 3.10. The minimum Gasteiger partial charge on any atom is -0.352 e. The molecule has 0 saturated heterocycles. The second-order valence-corrected chi connectivity index (χ2v) is 7.10. The van der Waals surface area contributed by atoms with Crippen molar-refractivity contribution in [3.05, 3.63) is 34.9 Å². The molecule has 3 rings (SSSR count). The number of rotatable bonds is 7. The van der Waals surface area contributed by atoms with Gasteiger partial charge in [0.05, 0.1) is 18.7 Å². The Labute approximate surface area is 155 Å². The Morgan fingerprint density at radius 1 is 1.37 bits per heavy atom. The van der Waals surface area contributed by atoms with Gasteiger partial charge in [-0.3, -0.25) is 14.2 Å². The third-order valence-corrected chi connectivity index (χ3v) is 4.95. The first-order chi connectivity index (χ1) is 12.7. The molecule has 1 aliphatic carbocycles. The number of aromatic nitrogens is 4. The molecular weight excluding hydrogens is 359 g/mol. The highest BCUT2D eigenvalue weighted by atomic mass is 19.4. The quantitative estimate of drug-likeness (QED) is 0.798. The van der Waals surface area contributed by atoms with Crippen molar-refractivity contribution in [3.63, 3.8) is 0 Å². The third kappa shape index (κ3) is 4.33. The van der Waals surface area contributed by atoms with E-state index in [2.05, 4.69) is 15.5 Å². The number of amides is 1. The molecule has 0 aromatic carbocycles. The molecule has 148 valence electrons. The van der Waals surface area contributed by atoms with Crippen LogP contribution >= 0.6 is 0 Å². The summed E-state index contributed by atoms with van der Waals surface area (Å²) in [5, 5.41) is 10.8. The molecule has 1 aliphatic rings. The highest BCUT2D eigenvalue weighted by Crippen LogP contribution is 2.42. The topological polar surface area (TPSA) is 64.7 Å². The van der Waals surface area contributed by atoms with E-state index in [1.807, 2.05) is 18.5 Å². The zero-order valence-corrected chi connectivity index (χ0v) is 15.7. The summed E-state index contributed by atoms with van der Waals surface area (Å²) in [5.41, 5.74) is 1.60. The molecule has 6 nitrogen and oxygen atoms in total. The van der Waals surface area contributed by atoms with Gasteiger partial charge in [-0.1, -0.05) is 6.92 Å². The first-order valence-corrected chi connectivity index (χ1v) is 9.14. The maximum absolute atomic E-state index is 13.0. The fraction of sp³-hybridized carbons (Fsp3) is 0.611. The van der Waals surface area contributed by atoms with Crippen LogP contribution < -0.4 is 5.32 Å². The summed E-state index contributed by atoms with van der Waals surface area (Å²) in [7, 11) is 0. The Hall–Kier alpha value is -2.32. The van der Waals surface area contributed by atoms with Crippen molar-refractivity contribution in [2.45, 2.75) is 65.3 Å². The Morgan fingerprint density at radius 3 is 2.63 bits per heavy atom. The summed E-state index contributed by atoms with van der Waals surface area (Å²) in [5.74, 6) is -0.596. The molecule has 1 fully saturated rings. The summed E-state index contributed by atoms with van der Waals surface area (Å²) in [6.07, 6.45) is -1.02. The predicted molar refractivity (Wildman–Crippen MR) is 92.9 cm³/mol. The minimum absolute atomic E-state index is 0.117. The van der Waals surface area contributed by atoms with Crippen LogP contribution in [0.15, 0.2) is 12.3 Å². The van der Waals surface area contributed by atoms with Crippen molar-refractivity contribution in [2.24, 2.45) is 5.92 Å². The van der Waals surface area contributed by atoms with Crippen LogP contribution in [0.2, 0.25) is 0 Å². The summed E-state index contributed by atoms with van der Waals surface area (Å²) in [4.78, 5) is 12.4. The standard InChI is InChI=1S/C18H24F3N5O/c1-4-25-12(3)14(9-23-25)8-22-17(27)11(2)10-26-15(13-5-6-13)7-16(24-26)18(19,20)21/h7,9,11,13H,4-6,8,10H2,1-3H3,(H,22,27). The van der Waals surface area contributed by atoms with Gasteiger partial charge in [-0.2, -0.15) is 23.4 Å². The molecule has 27 heavy (non-hydrogen) atoms. The molecule has 9 heteroatoms. The number of carbonyl (C=O) groups excluding carboxylic acids is 1. The van der Waals surface area contributed by atoms with Crippen molar-refractivity contribution in [1.29, 1.82) is 0 Å². The van der Waals surface area contributed by atoms with Crippen LogP contribution in [-0.4, -0.2) is 25.5 Å². The molecule has 2 heterocycles. The van der Waals surface area contributed by atoms with Crippen LogP contribution in [0.4, 0.5) is 13.2 Å². The van der Waals surface area contributed by atoms with Crippen molar-refractivity contribution in [2.75, 3.05) is 0 Å². The number of nitrogens with zero attached hydrogens (tertiary/aromatic N) is 4. The first-order valence-electron chi connectivity index (χ1n) is 9.14. The summed E-state index contributed by atoms with van der Waals surface area (Å²) in [6.45, 7) is 6.84. The number of nitrogens with one attached hydrogen (secondary N) is 1. The van der Waals surface area contributed by atoms with E-state index < -0.39 is 17.8 Å². The Bertz CT molecular complexity index is 820.